The lowest BCUT2D eigenvalue weighted by atomic mass is 10.2. The lowest BCUT2D eigenvalue weighted by Gasteiger charge is -2.09. The van der Waals surface area contributed by atoms with Gasteiger partial charge in [0.2, 0.25) is 0 Å². The first kappa shape index (κ1) is 18.8. The summed E-state index contributed by atoms with van der Waals surface area (Å²) in [6.45, 7) is 1.78. The summed E-state index contributed by atoms with van der Waals surface area (Å²) in [5, 5.41) is 9.87. The fourth-order valence-electron chi connectivity index (χ4n) is 3.21. The van der Waals surface area contributed by atoms with Gasteiger partial charge in [0.25, 0.3) is 5.91 Å². The zero-order chi connectivity index (χ0) is 20.1. The van der Waals surface area contributed by atoms with Crippen molar-refractivity contribution in [1.82, 2.24) is 30.0 Å². The highest BCUT2D eigenvalue weighted by atomic mass is 16.5. The Balaban J connectivity index is 1.41. The van der Waals surface area contributed by atoms with Gasteiger partial charge in [0.05, 0.1) is 23.3 Å². The van der Waals surface area contributed by atoms with E-state index in [4.69, 9.17) is 9.72 Å². The third kappa shape index (κ3) is 4.17. The predicted molar refractivity (Wildman–Crippen MR) is 109 cm³/mol. The van der Waals surface area contributed by atoms with E-state index in [0.29, 0.717) is 37.5 Å². The SMILES string of the molecule is COCCn1c(CCNC(=O)c2cc(-c3ccccn3)n[nH]2)nc2ccccc21. The van der Waals surface area contributed by atoms with Crippen molar-refractivity contribution in [3.8, 4) is 11.4 Å². The molecule has 0 aliphatic rings. The molecule has 29 heavy (non-hydrogen) atoms. The number of para-hydroxylation sites is 2. The molecule has 0 aliphatic carbocycles. The van der Waals surface area contributed by atoms with Crippen LogP contribution < -0.4 is 5.32 Å². The van der Waals surface area contributed by atoms with Gasteiger partial charge >= 0.3 is 0 Å². The molecule has 3 heterocycles. The molecule has 0 radical (unpaired) electrons. The molecule has 3 aromatic heterocycles. The second-order valence-corrected chi connectivity index (χ2v) is 6.55. The Morgan fingerprint density at radius 2 is 2.03 bits per heavy atom. The highest BCUT2D eigenvalue weighted by Crippen LogP contribution is 2.17. The van der Waals surface area contributed by atoms with Crippen molar-refractivity contribution < 1.29 is 9.53 Å². The van der Waals surface area contributed by atoms with E-state index in [1.165, 1.54) is 0 Å². The van der Waals surface area contributed by atoms with Gasteiger partial charge < -0.3 is 14.6 Å². The molecule has 0 saturated carbocycles. The first-order valence-corrected chi connectivity index (χ1v) is 9.44. The number of rotatable bonds is 8. The summed E-state index contributed by atoms with van der Waals surface area (Å²) in [5.41, 5.74) is 3.77. The van der Waals surface area contributed by atoms with Crippen molar-refractivity contribution in [2.45, 2.75) is 13.0 Å². The van der Waals surface area contributed by atoms with Gasteiger partial charge in [-0.25, -0.2) is 4.98 Å². The van der Waals surface area contributed by atoms with Crippen molar-refractivity contribution in [2.75, 3.05) is 20.3 Å². The number of nitrogens with zero attached hydrogens (tertiary/aromatic N) is 4. The van der Waals surface area contributed by atoms with Crippen LogP contribution in [0.15, 0.2) is 54.7 Å². The highest BCUT2D eigenvalue weighted by molar-refractivity contribution is 5.93. The molecule has 4 aromatic rings. The average molecular weight is 390 g/mol. The lowest BCUT2D eigenvalue weighted by molar-refractivity contribution is 0.0949. The molecular weight excluding hydrogens is 368 g/mol. The Bertz CT molecular complexity index is 1100. The van der Waals surface area contributed by atoms with Gasteiger partial charge in [-0.1, -0.05) is 18.2 Å². The van der Waals surface area contributed by atoms with E-state index in [1.807, 2.05) is 42.5 Å². The first-order chi connectivity index (χ1) is 14.3. The lowest BCUT2D eigenvalue weighted by Crippen LogP contribution is -2.27. The Hall–Kier alpha value is -3.52. The Morgan fingerprint density at radius 3 is 2.86 bits per heavy atom. The summed E-state index contributed by atoms with van der Waals surface area (Å²) in [7, 11) is 1.68. The number of aromatic amines is 1. The minimum Gasteiger partial charge on any atom is -0.383 e. The van der Waals surface area contributed by atoms with E-state index in [9.17, 15) is 4.79 Å². The second kappa shape index (κ2) is 8.66. The van der Waals surface area contributed by atoms with Crippen LogP contribution in [0.2, 0.25) is 0 Å². The van der Waals surface area contributed by atoms with Crippen LogP contribution in [0.1, 0.15) is 16.3 Å². The molecule has 0 aliphatic heterocycles. The molecule has 0 unspecified atom stereocenters. The molecule has 0 atom stereocenters. The molecule has 148 valence electrons. The number of hydrogen-bond acceptors (Lipinski definition) is 5. The quantitative estimate of drug-likeness (QED) is 0.482. The Morgan fingerprint density at radius 1 is 1.17 bits per heavy atom. The summed E-state index contributed by atoms with van der Waals surface area (Å²) in [6, 6.07) is 15.3. The second-order valence-electron chi connectivity index (χ2n) is 6.55. The number of H-pyrrole nitrogens is 1. The summed E-state index contributed by atoms with van der Waals surface area (Å²) in [6.07, 6.45) is 2.31. The smallest absolute Gasteiger partial charge is 0.269 e. The predicted octanol–water partition coefficient (Wildman–Crippen LogP) is 2.44. The van der Waals surface area contributed by atoms with Gasteiger partial charge in [-0.15, -0.1) is 0 Å². The van der Waals surface area contributed by atoms with Gasteiger partial charge in [-0.3, -0.25) is 14.9 Å². The van der Waals surface area contributed by atoms with Gasteiger partial charge in [0.1, 0.15) is 17.2 Å². The van der Waals surface area contributed by atoms with E-state index in [1.54, 1.807) is 19.4 Å². The molecule has 1 amide bonds. The van der Waals surface area contributed by atoms with Crippen LogP contribution >= 0.6 is 0 Å². The number of methoxy groups -OCH3 is 1. The molecule has 0 saturated heterocycles. The number of amides is 1. The summed E-state index contributed by atoms with van der Waals surface area (Å²) >= 11 is 0. The molecule has 0 fully saturated rings. The monoisotopic (exact) mass is 390 g/mol. The molecule has 8 nitrogen and oxygen atoms in total. The number of ether oxygens (including phenoxy) is 1. The molecule has 2 N–H and O–H groups in total. The zero-order valence-electron chi connectivity index (χ0n) is 16.1. The van der Waals surface area contributed by atoms with Gasteiger partial charge in [0.15, 0.2) is 0 Å². The summed E-state index contributed by atoms with van der Waals surface area (Å²) < 4.78 is 7.36. The van der Waals surface area contributed by atoms with Crippen LogP contribution in [0.25, 0.3) is 22.4 Å². The number of imidazole rings is 1. The van der Waals surface area contributed by atoms with Crippen LogP contribution in [0.4, 0.5) is 0 Å². The number of benzene rings is 1. The molecule has 1 aromatic carbocycles. The van der Waals surface area contributed by atoms with Crippen LogP contribution in [0.5, 0.6) is 0 Å². The molecule has 4 rings (SSSR count). The zero-order valence-corrected chi connectivity index (χ0v) is 16.1. The maximum absolute atomic E-state index is 12.5. The van der Waals surface area contributed by atoms with E-state index < -0.39 is 0 Å². The van der Waals surface area contributed by atoms with Crippen molar-refractivity contribution in [3.05, 3.63) is 66.2 Å². The third-order valence-electron chi connectivity index (χ3n) is 4.64. The molecular formula is C21H22N6O2. The number of hydrogen-bond donors (Lipinski definition) is 2. The fourth-order valence-corrected chi connectivity index (χ4v) is 3.21. The number of aromatic nitrogens is 5. The average Bonchev–Trinajstić information content (AvgIpc) is 3.38. The summed E-state index contributed by atoms with van der Waals surface area (Å²) in [5.74, 6) is 0.710. The van der Waals surface area contributed by atoms with E-state index in [-0.39, 0.29) is 5.91 Å². The van der Waals surface area contributed by atoms with Gasteiger partial charge in [-0.2, -0.15) is 5.10 Å². The first-order valence-electron chi connectivity index (χ1n) is 9.44. The van der Waals surface area contributed by atoms with E-state index in [0.717, 1.165) is 22.6 Å². The minimum absolute atomic E-state index is 0.209. The van der Waals surface area contributed by atoms with Crippen molar-refractivity contribution in [1.29, 1.82) is 0 Å². The molecule has 0 bridgehead atoms. The van der Waals surface area contributed by atoms with Crippen molar-refractivity contribution in [2.24, 2.45) is 0 Å². The normalized spacial score (nSPS) is 11.1. The number of fused-ring (bicyclic) bond motifs is 1. The summed E-state index contributed by atoms with van der Waals surface area (Å²) in [4.78, 5) is 21.4. The number of pyridine rings is 1. The standard InChI is InChI=1S/C21H22N6O2/c1-29-13-12-27-19-8-3-2-7-16(19)24-20(27)9-11-23-21(28)18-14-17(25-26-18)15-6-4-5-10-22-15/h2-8,10,14H,9,11-13H2,1H3,(H,23,28)(H,25,26). The van der Waals surface area contributed by atoms with E-state index in [2.05, 4.69) is 25.1 Å². The minimum atomic E-state index is -0.209. The largest absolute Gasteiger partial charge is 0.383 e. The maximum Gasteiger partial charge on any atom is 0.269 e. The molecule has 0 spiro atoms. The Labute approximate surface area is 167 Å². The highest BCUT2D eigenvalue weighted by Gasteiger charge is 2.13. The maximum atomic E-state index is 12.5. The van der Waals surface area contributed by atoms with Gasteiger partial charge in [0, 0.05) is 32.8 Å². The van der Waals surface area contributed by atoms with Crippen molar-refractivity contribution in [3.63, 3.8) is 0 Å². The number of nitrogens with one attached hydrogen (secondary N) is 2. The van der Waals surface area contributed by atoms with Crippen LogP contribution in [0.3, 0.4) is 0 Å². The van der Waals surface area contributed by atoms with E-state index >= 15 is 0 Å². The van der Waals surface area contributed by atoms with Crippen LogP contribution in [-0.2, 0) is 17.7 Å². The van der Waals surface area contributed by atoms with Crippen molar-refractivity contribution >= 4 is 16.9 Å². The topological polar surface area (TPSA) is 97.7 Å². The van der Waals surface area contributed by atoms with Crippen LogP contribution in [-0.4, -0.2) is 50.9 Å². The Kier molecular flexibility index (Phi) is 5.62. The molecule has 8 heteroatoms. The number of carbonyl (C=O) groups is 1. The third-order valence-corrected chi connectivity index (χ3v) is 4.64. The fraction of sp³-hybridized carbons (Fsp3) is 0.238. The number of carbonyl (C=O) groups excluding carboxylic acids is 1. The van der Waals surface area contributed by atoms with Gasteiger partial charge in [-0.05, 0) is 30.3 Å². The van der Waals surface area contributed by atoms with Crippen LogP contribution in [0, 0.1) is 0 Å².